The summed E-state index contributed by atoms with van der Waals surface area (Å²) < 4.78 is 5.07. The third-order valence-electron chi connectivity index (χ3n) is 2.14. The number of nitrogens with zero attached hydrogens (tertiary/aromatic N) is 3. The molecule has 2 heterocycles. The van der Waals surface area contributed by atoms with E-state index in [4.69, 9.17) is 10.3 Å². The predicted octanol–water partition coefficient (Wildman–Crippen LogP) is 1.96. The lowest BCUT2D eigenvalue weighted by atomic mass is 10.2. The van der Waals surface area contributed by atoms with E-state index in [2.05, 4.69) is 15.1 Å². The standard InChI is InChI=1S/C10H12N4O.ClH/c1-2-8(11)10-13-9(14-15-10)7-3-5-12-6-4-7;/h3-6,8H,2,11H2,1H3;1H/t8-;/m0./s1. The summed E-state index contributed by atoms with van der Waals surface area (Å²) in [4.78, 5) is 8.14. The van der Waals surface area contributed by atoms with Crippen LogP contribution in [0, 0.1) is 0 Å². The lowest BCUT2D eigenvalue weighted by Gasteiger charge is -1.99. The fraction of sp³-hybridized carbons (Fsp3) is 0.300. The normalized spacial score (nSPS) is 11.9. The molecule has 86 valence electrons. The Balaban J connectivity index is 0.00000128. The van der Waals surface area contributed by atoms with Gasteiger partial charge in [-0.25, -0.2) is 0 Å². The van der Waals surface area contributed by atoms with Crippen LogP contribution >= 0.6 is 12.4 Å². The van der Waals surface area contributed by atoms with Crippen LogP contribution in [0.25, 0.3) is 11.4 Å². The quantitative estimate of drug-likeness (QED) is 0.887. The van der Waals surface area contributed by atoms with Gasteiger partial charge >= 0.3 is 0 Å². The lowest BCUT2D eigenvalue weighted by Crippen LogP contribution is -2.08. The van der Waals surface area contributed by atoms with Crippen LogP contribution in [0.3, 0.4) is 0 Å². The molecule has 0 bridgehead atoms. The molecule has 0 aliphatic rings. The molecule has 0 aliphatic carbocycles. The number of rotatable bonds is 3. The van der Waals surface area contributed by atoms with Crippen molar-refractivity contribution < 1.29 is 4.52 Å². The van der Waals surface area contributed by atoms with Gasteiger partial charge in [-0.2, -0.15) is 4.98 Å². The Labute approximate surface area is 99.5 Å². The Morgan fingerprint density at radius 3 is 2.69 bits per heavy atom. The highest BCUT2D eigenvalue weighted by Gasteiger charge is 2.13. The van der Waals surface area contributed by atoms with Crippen LogP contribution in [0.1, 0.15) is 25.3 Å². The van der Waals surface area contributed by atoms with E-state index in [1.54, 1.807) is 12.4 Å². The van der Waals surface area contributed by atoms with Crippen LogP contribution in [0.2, 0.25) is 0 Å². The fourth-order valence-electron chi connectivity index (χ4n) is 1.18. The molecule has 0 fully saturated rings. The molecule has 6 heteroatoms. The molecule has 0 unspecified atom stereocenters. The van der Waals surface area contributed by atoms with E-state index in [-0.39, 0.29) is 18.4 Å². The molecular weight excluding hydrogens is 228 g/mol. The van der Waals surface area contributed by atoms with Gasteiger partial charge in [-0.15, -0.1) is 12.4 Å². The van der Waals surface area contributed by atoms with Gasteiger partial charge in [0.2, 0.25) is 11.7 Å². The first kappa shape index (κ1) is 12.6. The molecule has 0 aromatic carbocycles. The van der Waals surface area contributed by atoms with Crippen molar-refractivity contribution in [2.45, 2.75) is 19.4 Å². The first-order valence-corrected chi connectivity index (χ1v) is 4.81. The molecule has 2 rings (SSSR count). The Morgan fingerprint density at radius 2 is 2.06 bits per heavy atom. The number of halogens is 1. The summed E-state index contributed by atoms with van der Waals surface area (Å²) in [6, 6.07) is 3.46. The summed E-state index contributed by atoms with van der Waals surface area (Å²) in [7, 11) is 0. The van der Waals surface area contributed by atoms with Gasteiger partial charge in [0, 0.05) is 18.0 Å². The van der Waals surface area contributed by atoms with Gasteiger partial charge in [0.15, 0.2) is 0 Å². The van der Waals surface area contributed by atoms with E-state index in [1.807, 2.05) is 19.1 Å². The van der Waals surface area contributed by atoms with Crippen LogP contribution in [0.15, 0.2) is 29.0 Å². The topological polar surface area (TPSA) is 77.8 Å². The maximum Gasteiger partial charge on any atom is 0.243 e. The van der Waals surface area contributed by atoms with Gasteiger partial charge < -0.3 is 10.3 Å². The number of hydrogen-bond acceptors (Lipinski definition) is 5. The molecule has 0 amide bonds. The molecule has 0 radical (unpaired) electrons. The summed E-state index contributed by atoms with van der Waals surface area (Å²) in [6.07, 6.45) is 4.15. The lowest BCUT2D eigenvalue weighted by molar-refractivity contribution is 0.352. The Hall–Kier alpha value is -1.46. The molecule has 0 saturated carbocycles. The largest absolute Gasteiger partial charge is 0.337 e. The van der Waals surface area contributed by atoms with E-state index in [0.717, 1.165) is 12.0 Å². The van der Waals surface area contributed by atoms with Crippen LogP contribution in [-0.4, -0.2) is 15.1 Å². The summed E-state index contributed by atoms with van der Waals surface area (Å²) in [6.45, 7) is 1.97. The molecular formula is C10H13ClN4O. The molecule has 0 aliphatic heterocycles. The molecule has 5 nitrogen and oxygen atoms in total. The molecule has 1 atom stereocenters. The van der Waals surface area contributed by atoms with Crippen molar-refractivity contribution in [3.8, 4) is 11.4 Å². The van der Waals surface area contributed by atoms with Gasteiger partial charge in [-0.3, -0.25) is 4.98 Å². The third kappa shape index (κ3) is 2.56. The van der Waals surface area contributed by atoms with E-state index in [1.165, 1.54) is 0 Å². The smallest absolute Gasteiger partial charge is 0.243 e. The molecule has 0 saturated heterocycles. The number of pyridine rings is 1. The monoisotopic (exact) mass is 240 g/mol. The zero-order chi connectivity index (χ0) is 10.7. The first-order chi connectivity index (χ1) is 7.31. The predicted molar refractivity (Wildman–Crippen MR) is 62.0 cm³/mol. The van der Waals surface area contributed by atoms with Gasteiger partial charge in [0.05, 0.1) is 6.04 Å². The highest BCUT2D eigenvalue weighted by Crippen LogP contribution is 2.17. The summed E-state index contributed by atoms with van der Waals surface area (Å²) >= 11 is 0. The van der Waals surface area contributed by atoms with Gasteiger partial charge in [-0.05, 0) is 18.6 Å². The maximum absolute atomic E-state index is 5.78. The van der Waals surface area contributed by atoms with Crippen molar-refractivity contribution in [3.05, 3.63) is 30.4 Å². The van der Waals surface area contributed by atoms with Gasteiger partial charge in [0.25, 0.3) is 0 Å². The number of aromatic nitrogens is 3. The highest BCUT2D eigenvalue weighted by molar-refractivity contribution is 5.85. The minimum Gasteiger partial charge on any atom is -0.337 e. The maximum atomic E-state index is 5.78. The Kier molecular flexibility index (Phi) is 4.39. The molecule has 2 N–H and O–H groups in total. The second-order valence-electron chi connectivity index (χ2n) is 3.21. The minimum atomic E-state index is -0.187. The van der Waals surface area contributed by atoms with Crippen LogP contribution < -0.4 is 5.73 Å². The summed E-state index contributed by atoms with van der Waals surface area (Å²) in [5.41, 5.74) is 6.66. The molecule has 2 aromatic heterocycles. The van der Waals surface area contributed by atoms with Crippen molar-refractivity contribution in [1.29, 1.82) is 0 Å². The second-order valence-corrected chi connectivity index (χ2v) is 3.21. The van der Waals surface area contributed by atoms with E-state index in [0.29, 0.717) is 11.7 Å². The van der Waals surface area contributed by atoms with Crippen molar-refractivity contribution in [1.82, 2.24) is 15.1 Å². The van der Waals surface area contributed by atoms with Crippen molar-refractivity contribution >= 4 is 12.4 Å². The summed E-state index contributed by atoms with van der Waals surface area (Å²) in [5, 5.41) is 3.86. The van der Waals surface area contributed by atoms with E-state index >= 15 is 0 Å². The van der Waals surface area contributed by atoms with Gasteiger partial charge in [0.1, 0.15) is 0 Å². The van der Waals surface area contributed by atoms with Crippen molar-refractivity contribution in [3.63, 3.8) is 0 Å². The Bertz CT molecular complexity index is 431. The van der Waals surface area contributed by atoms with E-state index in [9.17, 15) is 0 Å². The average molecular weight is 241 g/mol. The zero-order valence-corrected chi connectivity index (χ0v) is 9.65. The average Bonchev–Trinajstić information content (AvgIpc) is 2.78. The SMILES string of the molecule is CC[C@H](N)c1nc(-c2ccncc2)no1.Cl. The van der Waals surface area contributed by atoms with Crippen molar-refractivity contribution in [2.24, 2.45) is 5.73 Å². The molecule has 2 aromatic rings. The fourth-order valence-corrected chi connectivity index (χ4v) is 1.18. The van der Waals surface area contributed by atoms with Crippen molar-refractivity contribution in [2.75, 3.05) is 0 Å². The van der Waals surface area contributed by atoms with Crippen LogP contribution in [0.5, 0.6) is 0 Å². The first-order valence-electron chi connectivity index (χ1n) is 4.81. The molecule has 16 heavy (non-hydrogen) atoms. The number of nitrogens with two attached hydrogens (primary N) is 1. The second kappa shape index (κ2) is 5.58. The third-order valence-corrected chi connectivity index (χ3v) is 2.14. The van der Waals surface area contributed by atoms with Crippen LogP contribution in [-0.2, 0) is 0 Å². The van der Waals surface area contributed by atoms with E-state index < -0.39 is 0 Å². The summed E-state index contributed by atoms with van der Waals surface area (Å²) in [5.74, 6) is 1.03. The zero-order valence-electron chi connectivity index (χ0n) is 8.83. The highest BCUT2D eigenvalue weighted by atomic mass is 35.5. The minimum absolute atomic E-state index is 0. The van der Waals surface area contributed by atoms with Gasteiger partial charge in [-0.1, -0.05) is 12.1 Å². The molecule has 0 spiro atoms. The Morgan fingerprint density at radius 1 is 1.38 bits per heavy atom. The van der Waals surface area contributed by atoms with Crippen LogP contribution in [0.4, 0.5) is 0 Å². The number of hydrogen-bond donors (Lipinski definition) is 1.